The Balaban J connectivity index is 1.66. The minimum atomic E-state index is -0.633. The van der Waals surface area contributed by atoms with E-state index in [0.717, 1.165) is 46.3 Å². The van der Waals surface area contributed by atoms with E-state index >= 15 is 0 Å². The topological polar surface area (TPSA) is 121 Å². The molecule has 2 bridgehead atoms. The van der Waals surface area contributed by atoms with Crippen molar-refractivity contribution in [2.75, 3.05) is 34.4 Å². The summed E-state index contributed by atoms with van der Waals surface area (Å²) in [4.78, 5) is 17.2. The highest BCUT2D eigenvalue weighted by molar-refractivity contribution is 5.81. The molecule has 1 saturated heterocycles. The molecule has 0 aliphatic carbocycles. The molecule has 2 aromatic carbocycles. The molecule has 2 aromatic rings. The lowest BCUT2D eigenvalue weighted by molar-refractivity contribution is -0.122. The third-order valence-corrected chi connectivity index (χ3v) is 8.56. The van der Waals surface area contributed by atoms with E-state index in [2.05, 4.69) is 34.3 Å². The average molecular weight is 511 g/mol. The Morgan fingerprint density at radius 2 is 1.65 bits per heavy atom. The zero-order valence-electron chi connectivity index (χ0n) is 22.5. The first-order chi connectivity index (χ1) is 17.6. The maximum atomic E-state index is 12.5. The van der Waals surface area contributed by atoms with Crippen LogP contribution < -0.4 is 20.5 Å². The van der Waals surface area contributed by atoms with E-state index in [9.17, 15) is 15.0 Å². The van der Waals surface area contributed by atoms with E-state index < -0.39 is 6.04 Å². The summed E-state index contributed by atoms with van der Waals surface area (Å²) < 4.78 is 11.1. The minimum Gasteiger partial charge on any atom is -0.504 e. The number of nitrogens with one attached hydrogen (secondary N) is 1. The van der Waals surface area contributed by atoms with Gasteiger partial charge in [0.1, 0.15) is 0 Å². The fraction of sp³-hybridized carbons (Fsp3) is 0.536. The number of ether oxygens (including phenoxy) is 2. The van der Waals surface area contributed by atoms with Crippen LogP contribution in [0.25, 0.3) is 0 Å². The number of aryl methyl sites for hydroxylation is 2. The molecular formula is C28H38N4O5. The first-order valence-electron chi connectivity index (χ1n) is 12.9. The van der Waals surface area contributed by atoms with E-state index in [0.29, 0.717) is 24.5 Å². The molecular weight excluding hydrogens is 472 g/mol. The molecule has 3 heterocycles. The van der Waals surface area contributed by atoms with Crippen molar-refractivity contribution in [3.8, 4) is 23.0 Å². The van der Waals surface area contributed by atoms with Crippen LogP contribution >= 0.6 is 0 Å². The number of likely N-dealkylation sites (N-methyl/N-ethyl adjacent to an activating group) is 1. The van der Waals surface area contributed by atoms with Crippen molar-refractivity contribution in [2.24, 2.45) is 5.73 Å². The number of phenols is 2. The third kappa shape index (κ3) is 3.91. The standard InChI is InChI=1S/C28H38N4O5/c1-13-7-16-9-18-12-32-19(23(31(18)4)22(16)25(34)27(13)37-6)10-17-8-14(2)26(36-5)24(33)21(17)20(32)11-30-28(35)15(3)29/h7-8,15,18-20,23,33-34H,9-12,29H2,1-6H3,(H,30,35). The van der Waals surface area contributed by atoms with Crippen molar-refractivity contribution in [1.82, 2.24) is 15.1 Å². The molecule has 0 saturated carbocycles. The molecule has 0 radical (unpaired) electrons. The molecule has 5 rings (SSSR count). The zero-order chi connectivity index (χ0) is 26.8. The lowest BCUT2D eigenvalue weighted by Gasteiger charge is -2.58. The Bertz CT molecular complexity index is 1250. The molecule has 5 atom stereocenters. The van der Waals surface area contributed by atoms with E-state index in [1.165, 1.54) is 0 Å². The Kier molecular flexibility index (Phi) is 6.50. The number of phenolic OH excluding ortho intramolecular Hbond substituents is 2. The SMILES string of the molecule is COc1c(C)cc2c(c1O)C1C3Cc4cc(C)c(OC)c(O)c4C(CNC(=O)C(C)N)N3CC(C2)N1C. The number of methoxy groups -OCH3 is 2. The second-order valence-corrected chi connectivity index (χ2v) is 10.8. The van der Waals surface area contributed by atoms with E-state index in [4.69, 9.17) is 15.2 Å². The molecule has 5 unspecified atom stereocenters. The van der Waals surface area contributed by atoms with Gasteiger partial charge in [0.2, 0.25) is 5.91 Å². The van der Waals surface area contributed by atoms with Gasteiger partial charge in [0, 0.05) is 36.3 Å². The van der Waals surface area contributed by atoms with Crippen LogP contribution in [0.1, 0.15) is 52.4 Å². The average Bonchev–Trinajstić information content (AvgIpc) is 2.83. The maximum absolute atomic E-state index is 12.5. The van der Waals surface area contributed by atoms with E-state index in [1.54, 1.807) is 21.1 Å². The third-order valence-electron chi connectivity index (χ3n) is 8.56. The quantitative estimate of drug-likeness (QED) is 0.483. The number of nitrogens with zero attached hydrogens (tertiary/aromatic N) is 2. The summed E-state index contributed by atoms with van der Waals surface area (Å²) in [7, 11) is 5.27. The molecule has 1 amide bonds. The number of hydrogen-bond acceptors (Lipinski definition) is 8. The highest BCUT2D eigenvalue weighted by atomic mass is 16.5. The molecule has 37 heavy (non-hydrogen) atoms. The molecule has 0 aromatic heterocycles. The molecule has 5 N–H and O–H groups in total. The fourth-order valence-corrected chi connectivity index (χ4v) is 6.89. The number of fused-ring (bicyclic) bond motifs is 7. The Hall–Kier alpha value is -3.01. The predicted octanol–water partition coefficient (Wildman–Crippen LogP) is 2.07. The Morgan fingerprint density at radius 3 is 2.22 bits per heavy atom. The van der Waals surface area contributed by atoms with Crippen molar-refractivity contribution in [3.05, 3.63) is 45.5 Å². The predicted molar refractivity (Wildman–Crippen MR) is 140 cm³/mol. The van der Waals surface area contributed by atoms with Crippen LogP contribution in [0, 0.1) is 13.8 Å². The highest BCUT2D eigenvalue weighted by Crippen LogP contribution is 2.53. The summed E-state index contributed by atoms with van der Waals surface area (Å²) in [5.74, 6) is 1.06. The molecule has 9 nitrogen and oxygen atoms in total. The van der Waals surface area contributed by atoms with Gasteiger partial charge in [-0.1, -0.05) is 12.1 Å². The minimum absolute atomic E-state index is 0.00973. The van der Waals surface area contributed by atoms with Crippen molar-refractivity contribution in [2.45, 2.75) is 63.8 Å². The van der Waals surface area contributed by atoms with E-state index in [1.807, 2.05) is 13.8 Å². The first-order valence-corrected chi connectivity index (χ1v) is 12.9. The van der Waals surface area contributed by atoms with Crippen LogP contribution in [-0.2, 0) is 17.6 Å². The van der Waals surface area contributed by atoms with Crippen LogP contribution in [0.2, 0.25) is 0 Å². The van der Waals surface area contributed by atoms with Gasteiger partial charge in [0.25, 0.3) is 0 Å². The van der Waals surface area contributed by atoms with E-state index in [-0.39, 0.29) is 41.6 Å². The number of nitrogens with two attached hydrogens (primary N) is 1. The van der Waals surface area contributed by atoms with Crippen LogP contribution in [0.15, 0.2) is 12.1 Å². The van der Waals surface area contributed by atoms with Gasteiger partial charge in [-0.3, -0.25) is 14.6 Å². The van der Waals surface area contributed by atoms with Crippen molar-refractivity contribution >= 4 is 5.91 Å². The molecule has 9 heteroatoms. The molecule has 3 aliphatic heterocycles. The smallest absolute Gasteiger partial charge is 0.236 e. The molecule has 1 fully saturated rings. The number of benzene rings is 2. The lowest BCUT2D eigenvalue weighted by Crippen LogP contribution is -2.64. The maximum Gasteiger partial charge on any atom is 0.236 e. The van der Waals surface area contributed by atoms with Crippen LogP contribution in [0.5, 0.6) is 23.0 Å². The van der Waals surface area contributed by atoms with Crippen LogP contribution in [0.3, 0.4) is 0 Å². The van der Waals surface area contributed by atoms with Gasteiger partial charge < -0.3 is 30.7 Å². The summed E-state index contributed by atoms with van der Waals surface area (Å²) in [5, 5.41) is 25.7. The monoisotopic (exact) mass is 510 g/mol. The number of carbonyl (C=O) groups excluding carboxylic acids is 1. The Morgan fingerprint density at radius 1 is 1.08 bits per heavy atom. The van der Waals surface area contributed by atoms with Gasteiger partial charge in [-0.05, 0) is 62.9 Å². The van der Waals surface area contributed by atoms with Gasteiger partial charge in [0.15, 0.2) is 23.0 Å². The van der Waals surface area contributed by atoms with Gasteiger partial charge >= 0.3 is 0 Å². The first kappa shape index (κ1) is 25.6. The summed E-state index contributed by atoms with van der Waals surface area (Å²) in [5.41, 5.74) is 11.5. The number of amides is 1. The second-order valence-electron chi connectivity index (χ2n) is 10.8. The van der Waals surface area contributed by atoms with Gasteiger partial charge in [-0.2, -0.15) is 0 Å². The molecule has 0 spiro atoms. The van der Waals surface area contributed by atoms with Gasteiger partial charge in [-0.15, -0.1) is 0 Å². The normalized spacial score (nSPS) is 25.5. The van der Waals surface area contributed by atoms with Crippen molar-refractivity contribution in [3.63, 3.8) is 0 Å². The van der Waals surface area contributed by atoms with Gasteiger partial charge in [-0.25, -0.2) is 0 Å². The summed E-state index contributed by atoms with van der Waals surface area (Å²) in [6, 6.07) is 3.46. The largest absolute Gasteiger partial charge is 0.504 e. The Labute approximate surface area is 218 Å². The number of hydrogen-bond donors (Lipinski definition) is 4. The number of piperazine rings is 1. The van der Waals surface area contributed by atoms with Crippen molar-refractivity contribution < 1.29 is 24.5 Å². The second kappa shape index (κ2) is 9.38. The number of carbonyl (C=O) groups is 1. The lowest BCUT2D eigenvalue weighted by atomic mass is 9.74. The summed E-state index contributed by atoms with van der Waals surface area (Å²) >= 11 is 0. The molecule has 200 valence electrons. The van der Waals surface area contributed by atoms with Crippen LogP contribution in [-0.4, -0.2) is 78.4 Å². The van der Waals surface area contributed by atoms with Gasteiger partial charge in [0.05, 0.1) is 32.3 Å². The number of aromatic hydroxyl groups is 2. The highest BCUT2D eigenvalue weighted by Gasteiger charge is 2.51. The van der Waals surface area contributed by atoms with Crippen LogP contribution in [0.4, 0.5) is 0 Å². The summed E-state index contributed by atoms with van der Waals surface area (Å²) in [6.07, 6.45) is 1.47. The summed E-state index contributed by atoms with van der Waals surface area (Å²) in [6.45, 7) is 6.62. The zero-order valence-corrected chi connectivity index (χ0v) is 22.5. The number of rotatable bonds is 5. The fourth-order valence-electron chi connectivity index (χ4n) is 6.89. The van der Waals surface area contributed by atoms with Crippen molar-refractivity contribution in [1.29, 1.82) is 0 Å². The molecule has 3 aliphatic rings.